The van der Waals surface area contributed by atoms with E-state index >= 15 is 0 Å². The van der Waals surface area contributed by atoms with E-state index in [1.165, 1.54) is 77.0 Å². The number of ether oxygens (including phenoxy) is 2. The Morgan fingerprint density at radius 3 is 0.957 bits per heavy atom. The predicted molar refractivity (Wildman–Crippen MR) is 498 cm³/mol. The van der Waals surface area contributed by atoms with Crippen molar-refractivity contribution in [1.82, 2.24) is 15.0 Å². The lowest BCUT2D eigenvalue weighted by Gasteiger charge is -2.28. The fraction of sp³-hybridized carbons (Fsp3) is 0.646. The van der Waals surface area contributed by atoms with Crippen LogP contribution in [0.5, 0.6) is 28.7 Å². The van der Waals surface area contributed by atoms with Crippen LogP contribution >= 0.6 is 47.0 Å². The van der Waals surface area contributed by atoms with E-state index in [1.807, 2.05) is 24.3 Å². The Morgan fingerprint density at radius 1 is 0.371 bits per heavy atom. The third-order valence-electron chi connectivity index (χ3n) is 19.7. The van der Waals surface area contributed by atoms with Gasteiger partial charge in [0.05, 0.1) is 0 Å². The van der Waals surface area contributed by atoms with Gasteiger partial charge in [0.25, 0.3) is 0 Å². The van der Waals surface area contributed by atoms with E-state index in [0.717, 1.165) is 155 Å². The Balaban J connectivity index is 0.000000372. The van der Waals surface area contributed by atoms with Gasteiger partial charge in [-0.15, -0.1) is 0 Å². The molecule has 0 saturated carbocycles. The number of aromatic nitrogens is 3. The monoisotopic (exact) mass is 1670 g/mol. The van der Waals surface area contributed by atoms with Crippen LogP contribution in [0.15, 0.2) is 80.8 Å². The van der Waals surface area contributed by atoms with Crippen LogP contribution in [0, 0.1) is 47.3 Å². The molecular formula is C99H156N4O9S4. The van der Waals surface area contributed by atoms with Gasteiger partial charge in [-0.2, -0.15) is 26.7 Å². The third-order valence-corrected chi connectivity index (χ3v) is 23.4. The van der Waals surface area contributed by atoms with Crippen LogP contribution in [0.2, 0.25) is 0 Å². The van der Waals surface area contributed by atoms with Crippen molar-refractivity contribution in [1.29, 1.82) is 0 Å². The van der Waals surface area contributed by atoms with Crippen molar-refractivity contribution >= 4 is 70.6 Å². The standard InChI is InChI=1S/C38H58O6S.C33H56N4OS2.C28H42O2S/c1-25(2)17-31-21-29(22-32(37(31)41)18-26(3)4)9-11-35(39)43-13-15-45-16-14-44-36(40)12-10-30-23-33(19-27(5)6)38(42)34(24-30)20-28(7)8;1-7-9-11-13-15-17-19-39-32-35-31(36-33(37-32)40-20-18-16-14-12-10-8-2)34-29-23-27(21-25(3)4)30(38)28(24-29)22-26(5)6;1-17(2)11-19-13-21(14-20(25(19)29)12-18(3)4)31-22-15-23(27(5,6)7)26(30)24(16-22)28(8,9)10/h21-28,41-42H,9-20H2,1-8H3;23-26,38H,7-22H2,1-6H3,(H,34,35,36,37);13-18,29-30H,11-12H2,1-10H3. The maximum Gasteiger partial charge on any atom is 0.306 e. The second-order valence-corrected chi connectivity index (χ2v) is 42.1. The maximum absolute atomic E-state index is 12.4. The molecule has 0 radical (unpaired) electrons. The highest BCUT2D eigenvalue weighted by Crippen LogP contribution is 2.45. The van der Waals surface area contributed by atoms with Crippen molar-refractivity contribution in [3.05, 3.63) is 127 Å². The van der Waals surface area contributed by atoms with Crippen molar-refractivity contribution in [2.24, 2.45) is 47.3 Å². The summed E-state index contributed by atoms with van der Waals surface area (Å²) in [4.78, 5) is 41.5. The molecule has 6 aromatic rings. The van der Waals surface area contributed by atoms with E-state index in [4.69, 9.17) is 24.4 Å². The van der Waals surface area contributed by atoms with Crippen LogP contribution < -0.4 is 5.32 Å². The van der Waals surface area contributed by atoms with Crippen LogP contribution in [-0.2, 0) is 94.1 Å². The topological polar surface area (TPSA) is 204 Å². The molecule has 13 nitrogen and oxygen atoms in total. The van der Waals surface area contributed by atoms with Gasteiger partial charge in [-0.3, -0.25) is 9.59 Å². The highest BCUT2D eigenvalue weighted by molar-refractivity contribution is 8.00. The molecule has 650 valence electrons. The number of hydrogen-bond donors (Lipinski definition) is 6. The number of carbonyl (C=O) groups excluding carboxylic acids is 2. The average molecular weight is 1670 g/mol. The van der Waals surface area contributed by atoms with E-state index in [1.54, 1.807) is 47.0 Å². The molecule has 17 heteroatoms. The van der Waals surface area contributed by atoms with Crippen molar-refractivity contribution < 1.29 is 44.6 Å². The fourth-order valence-electron chi connectivity index (χ4n) is 14.2. The molecule has 0 unspecified atom stereocenters. The zero-order valence-electron chi connectivity index (χ0n) is 76.4. The second-order valence-electron chi connectivity index (χ2n) is 37.6. The number of aryl methyl sites for hydroxylation is 2. The Labute approximate surface area is 721 Å². The van der Waals surface area contributed by atoms with Crippen LogP contribution in [0.3, 0.4) is 0 Å². The zero-order valence-corrected chi connectivity index (χ0v) is 79.7. The average Bonchev–Trinajstić information content (AvgIpc) is 0.747. The molecule has 1 heterocycles. The summed E-state index contributed by atoms with van der Waals surface area (Å²) in [5, 5.41) is 59.5. The molecule has 0 atom stereocenters. The third kappa shape index (κ3) is 40.1. The maximum atomic E-state index is 12.4. The van der Waals surface area contributed by atoms with Crippen LogP contribution in [-0.4, -0.2) is 88.6 Å². The lowest BCUT2D eigenvalue weighted by Crippen LogP contribution is -2.17. The molecule has 0 fully saturated rings. The number of aromatic hydroxyl groups is 5. The number of unbranched alkanes of at least 4 members (excludes halogenated alkanes) is 10. The zero-order chi connectivity index (χ0) is 86.4. The molecule has 0 bridgehead atoms. The van der Waals surface area contributed by atoms with Gasteiger partial charge in [-0.25, -0.2) is 0 Å². The number of esters is 2. The summed E-state index contributed by atoms with van der Waals surface area (Å²) in [5.74, 6) is 9.21. The minimum Gasteiger partial charge on any atom is -0.507 e. The van der Waals surface area contributed by atoms with Crippen LogP contribution in [0.4, 0.5) is 11.6 Å². The molecule has 0 aliphatic rings. The minimum atomic E-state index is -0.228. The molecule has 6 N–H and O–H groups in total. The summed E-state index contributed by atoms with van der Waals surface area (Å²) in [7, 11) is 0. The van der Waals surface area contributed by atoms with E-state index in [9.17, 15) is 35.1 Å². The van der Waals surface area contributed by atoms with Gasteiger partial charge in [0.2, 0.25) is 5.95 Å². The summed E-state index contributed by atoms with van der Waals surface area (Å²) >= 11 is 6.81. The van der Waals surface area contributed by atoms with Gasteiger partial charge in [0.1, 0.15) is 42.0 Å². The number of anilines is 2. The highest BCUT2D eigenvalue weighted by Gasteiger charge is 2.28. The number of rotatable bonds is 48. The summed E-state index contributed by atoms with van der Waals surface area (Å²) in [6, 6.07) is 20.8. The van der Waals surface area contributed by atoms with Crippen LogP contribution in [0.25, 0.3) is 0 Å². The van der Waals surface area contributed by atoms with Crippen molar-refractivity contribution in [2.75, 3.05) is 41.5 Å². The number of nitrogens with zero attached hydrogens (tertiary/aromatic N) is 3. The number of carbonyl (C=O) groups is 2. The van der Waals surface area contributed by atoms with Gasteiger partial charge in [0.15, 0.2) is 10.3 Å². The van der Waals surface area contributed by atoms with Gasteiger partial charge in [-0.05, 0) is 227 Å². The normalized spacial score (nSPS) is 11.9. The van der Waals surface area contributed by atoms with Crippen molar-refractivity contribution in [3.8, 4) is 28.7 Å². The largest absolute Gasteiger partial charge is 0.507 e. The van der Waals surface area contributed by atoms with E-state index in [2.05, 4.69) is 208 Å². The molecular weight excluding hydrogens is 1520 g/mol. The van der Waals surface area contributed by atoms with E-state index < -0.39 is 0 Å². The Kier molecular flexibility index (Phi) is 47.0. The Bertz CT molecular complexity index is 3600. The van der Waals surface area contributed by atoms with Crippen LogP contribution in [0.1, 0.15) is 323 Å². The highest BCUT2D eigenvalue weighted by atomic mass is 32.2. The Morgan fingerprint density at radius 2 is 0.655 bits per heavy atom. The SMILES string of the molecule is CC(C)Cc1cc(CCC(=O)OCCSCCOC(=O)CCc2cc(CC(C)C)c(O)c(CC(C)C)c2)cc(CC(C)C)c1O.CC(C)Cc1cc(Sc2cc(C(C)(C)C)c(O)c(C(C)(C)C)c2)cc(CC(C)C)c1O.CCCCCCCCSc1nc(Nc2cc(CC(C)C)c(O)c(CC(C)C)c2)nc(SCCCCCCCC)n1. The predicted octanol–water partition coefficient (Wildman–Crippen LogP) is 27.1. The van der Waals surface area contributed by atoms with Gasteiger partial charge in [-0.1, -0.05) is 290 Å². The summed E-state index contributed by atoms with van der Waals surface area (Å²) < 4.78 is 10.9. The first-order valence-electron chi connectivity index (χ1n) is 44.3. The molecule has 0 saturated heterocycles. The molecule has 0 aliphatic carbocycles. The van der Waals surface area contributed by atoms with E-state index in [0.29, 0.717) is 132 Å². The number of thioether (sulfide) groups is 3. The van der Waals surface area contributed by atoms with E-state index in [-0.39, 0.29) is 22.8 Å². The smallest absolute Gasteiger partial charge is 0.306 e. The lowest BCUT2D eigenvalue weighted by atomic mass is 9.79. The first-order valence-corrected chi connectivity index (χ1v) is 48.2. The number of phenols is 5. The van der Waals surface area contributed by atoms with Gasteiger partial charge >= 0.3 is 11.9 Å². The summed E-state index contributed by atoms with van der Waals surface area (Å²) in [6.07, 6.45) is 23.9. The lowest BCUT2D eigenvalue weighted by molar-refractivity contribution is -0.143. The molecule has 6 rings (SSSR count). The number of nitrogens with one attached hydrogen (secondary N) is 1. The molecule has 0 amide bonds. The number of benzene rings is 5. The summed E-state index contributed by atoms with van der Waals surface area (Å²) in [5.41, 5.74) is 12.6. The minimum absolute atomic E-state index is 0.152. The molecule has 5 aromatic carbocycles. The van der Waals surface area contributed by atoms with Gasteiger partial charge in [0, 0.05) is 62.5 Å². The molecule has 1 aromatic heterocycles. The number of hydrogen-bond acceptors (Lipinski definition) is 17. The first kappa shape index (κ1) is 103. The summed E-state index contributed by atoms with van der Waals surface area (Å²) in [6.45, 7) is 52.6. The molecule has 0 aliphatic heterocycles. The quantitative estimate of drug-likeness (QED) is 0.00910. The first-order chi connectivity index (χ1) is 54.6. The van der Waals surface area contributed by atoms with Crippen molar-refractivity contribution in [2.45, 2.75) is 351 Å². The Hall–Kier alpha value is -5.75. The van der Waals surface area contributed by atoms with Crippen molar-refractivity contribution in [3.63, 3.8) is 0 Å². The second kappa shape index (κ2) is 53.1. The van der Waals surface area contributed by atoms with Gasteiger partial charge < -0.3 is 40.3 Å². The fourth-order valence-corrected chi connectivity index (χ4v) is 17.6. The molecule has 0 spiro atoms. The number of phenolic OH excluding ortho intramolecular Hbond substituents is 5. The molecule has 116 heavy (non-hydrogen) atoms.